The molecule has 0 aromatic carbocycles. The average molecular weight is 300 g/mol. The van der Waals surface area contributed by atoms with E-state index in [0.29, 0.717) is 11.7 Å². The van der Waals surface area contributed by atoms with Crippen molar-refractivity contribution in [3.63, 3.8) is 0 Å². The molecule has 2 rings (SSSR count). The second-order valence-corrected chi connectivity index (χ2v) is 6.36. The number of amides is 1. The third-order valence-electron chi connectivity index (χ3n) is 3.20. The molecule has 1 saturated heterocycles. The highest BCUT2D eigenvalue weighted by Crippen LogP contribution is 2.22. The van der Waals surface area contributed by atoms with E-state index in [1.807, 2.05) is 6.92 Å². The summed E-state index contributed by atoms with van der Waals surface area (Å²) in [5.74, 6) is -0.00545. The van der Waals surface area contributed by atoms with E-state index in [0.717, 1.165) is 19.4 Å². The van der Waals surface area contributed by atoms with Crippen molar-refractivity contribution in [3.05, 3.63) is 10.5 Å². The molecule has 7 nitrogen and oxygen atoms in total. The van der Waals surface area contributed by atoms with Crippen molar-refractivity contribution in [1.82, 2.24) is 19.7 Å². The van der Waals surface area contributed by atoms with Crippen LogP contribution in [0.5, 0.6) is 0 Å². The molecule has 1 amide bonds. The van der Waals surface area contributed by atoms with Gasteiger partial charge >= 0.3 is 5.69 Å². The summed E-state index contributed by atoms with van der Waals surface area (Å²) in [6.07, 6.45) is 2.04. The van der Waals surface area contributed by atoms with Crippen LogP contribution in [-0.2, 0) is 16.1 Å². The Hall–Kier alpha value is -1.28. The van der Waals surface area contributed by atoms with Gasteiger partial charge < -0.3 is 9.64 Å². The van der Waals surface area contributed by atoms with E-state index in [9.17, 15) is 9.59 Å². The standard InChI is InChI=1S/C12H20N4O3S/c1-8(10(17)15(2)3)20-12-14-13-11(18)16(12)7-9-5-4-6-19-9/h8-9H,4-7H2,1-3H3,(H,13,18)/t8-,9-/m0/s1. The minimum Gasteiger partial charge on any atom is -0.376 e. The molecule has 20 heavy (non-hydrogen) atoms. The maximum atomic E-state index is 11.9. The molecule has 1 aliphatic rings. The number of rotatable bonds is 5. The molecule has 0 radical (unpaired) electrons. The molecule has 1 aromatic rings. The Morgan fingerprint density at radius 2 is 2.40 bits per heavy atom. The van der Waals surface area contributed by atoms with Gasteiger partial charge in [-0.15, -0.1) is 5.10 Å². The van der Waals surface area contributed by atoms with Crippen molar-refractivity contribution >= 4 is 17.7 Å². The first-order chi connectivity index (χ1) is 9.49. The Morgan fingerprint density at radius 3 is 3.00 bits per heavy atom. The van der Waals surface area contributed by atoms with E-state index in [1.54, 1.807) is 18.7 Å². The van der Waals surface area contributed by atoms with Gasteiger partial charge in [0.1, 0.15) is 0 Å². The molecule has 2 atom stereocenters. The van der Waals surface area contributed by atoms with E-state index < -0.39 is 0 Å². The third-order valence-corrected chi connectivity index (χ3v) is 4.28. The summed E-state index contributed by atoms with van der Waals surface area (Å²) >= 11 is 1.28. The van der Waals surface area contributed by atoms with Gasteiger partial charge in [0.05, 0.1) is 17.9 Å². The maximum absolute atomic E-state index is 11.9. The van der Waals surface area contributed by atoms with Crippen LogP contribution in [0.25, 0.3) is 0 Å². The van der Waals surface area contributed by atoms with Gasteiger partial charge in [-0.2, -0.15) is 0 Å². The number of hydrogen-bond donors (Lipinski definition) is 1. The van der Waals surface area contributed by atoms with Crippen LogP contribution < -0.4 is 5.69 Å². The Kier molecular flexibility index (Phi) is 4.87. The number of H-pyrrole nitrogens is 1. The Labute approximate surface area is 121 Å². The van der Waals surface area contributed by atoms with Crippen LogP contribution in [0.2, 0.25) is 0 Å². The number of ether oxygens (including phenoxy) is 1. The molecule has 2 heterocycles. The fourth-order valence-electron chi connectivity index (χ4n) is 2.12. The molecule has 1 aliphatic heterocycles. The average Bonchev–Trinajstić information content (AvgIpc) is 3.02. The SMILES string of the molecule is C[C@H](Sc1n[nH]c(=O)n1C[C@@H]1CCCO1)C(=O)N(C)C. The van der Waals surface area contributed by atoms with Crippen molar-refractivity contribution < 1.29 is 9.53 Å². The van der Waals surface area contributed by atoms with Crippen LogP contribution in [0.4, 0.5) is 0 Å². The minimum atomic E-state index is -0.288. The highest BCUT2D eigenvalue weighted by Gasteiger charge is 2.23. The molecule has 0 aliphatic carbocycles. The second kappa shape index (κ2) is 6.45. The lowest BCUT2D eigenvalue weighted by Gasteiger charge is -2.16. The van der Waals surface area contributed by atoms with Crippen LogP contribution in [0.15, 0.2) is 9.95 Å². The van der Waals surface area contributed by atoms with Crippen LogP contribution in [0.3, 0.4) is 0 Å². The highest BCUT2D eigenvalue weighted by atomic mass is 32.2. The van der Waals surface area contributed by atoms with Gasteiger partial charge in [0.25, 0.3) is 0 Å². The molecule has 0 bridgehead atoms. The first kappa shape index (κ1) is 15.1. The third kappa shape index (κ3) is 3.43. The number of aromatic nitrogens is 3. The smallest absolute Gasteiger partial charge is 0.344 e. The van der Waals surface area contributed by atoms with Crippen LogP contribution in [-0.4, -0.2) is 57.6 Å². The molecule has 0 spiro atoms. The van der Waals surface area contributed by atoms with Crippen LogP contribution in [0, 0.1) is 0 Å². The van der Waals surface area contributed by atoms with Crippen molar-refractivity contribution in [3.8, 4) is 0 Å². The van der Waals surface area contributed by atoms with Gasteiger partial charge in [0.2, 0.25) is 5.91 Å². The Bertz CT molecular complexity index is 519. The molecule has 0 saturated carbocycles. The van der Waals surface area contributed by atoms with Gasteiger partial charge in [0.15, 0.2) is 5.16 Å². The van der Waals surface area contributed by atoms with Gasteiger partial charge in [-0.05, 0) is 19.8 Å². The van der Waals surface area contributed by atoms with E-state index in [1.165, 1.54) is 16.7 Å². The Morgan fingerprint density at radius 1 is 1.65 bits per heavy atom. The second-order valence-electron chi connectivity index (χ2n) is 5.05. The number of carbonyl (C=O) groups is 1. The van der Waals surface area contributed by atoms with Crippen molar-refractivity contribution in [1.29, 1.82) is 0 Å². The molecule has 8 heteroatoms. The van der Waals surface area contributed by atoms with Crippen LogP contribution >= 0.6 is 11.8 Å². The lowest BCUT2D eigenvalue weighted by molar-refractivity contribution is -0.127. The number of carbonyl (C=O) groups excluding carboxylic acids is 1. The lowest BCUT2D eigenvalue weighted by atomic mass is 10.2. The van der Waals surface area contributed by atoms with Crippen LogP contribution in [0.1, 0.15) is 19.8 Å². The number of nitrogens with one attached hydrogen (secondary N) is 1. The van der Waals surface area contributed by atoms with E-state index >= 15 is 0 Å². The maximum Gasteiger partial charge on any atom is 0.344 e. The largest absolute Gasteiger partial charge is 0.376 e. The molecule has 1 aromatic heterocycles. The van der Waals surface area contributed by atoms with Crippen molar-refractivity contribution in [2.75, 3.05) is 20.7 Å². The number of aromatic amines is 1. The summed E-state index contributed by atoms with van der Waals surface area (Å²) in [5, 5.41) is 6.69. The molecule has 0 unspecified atom stereocenters. The first-order valence-electron chi connectivity index (χ1n) is 6.63. The predicted molar refractivity (Wildman–Crippen MR) is 75.8 cm³/mol. The van der Waals surface area contributed by atoms with Gasteiger partial charge in [0, 0.05) is 20.7 Å². The molecule has 1 fully saturated rings. The predicted octanol–water partition coefficient (Wildman–Crippen LogP) is 0.319. The topological polar surface area (TPSA) is 80.2 Å². The van der Waals surface area contributed by atoms with Crippen molar-refractivity contribution in [2.24, 2.45) is 0 Å². The summed E-state index contributed by atoms with van der Waals surface area (Å²) in [4.78, 5) is 25.2. The highest BCUT2D eigenvalue weighted by molar-refractivity contribution is 8.00. The Balaban J connectivity index is 2.08. The number of hydrogen-bond acceptors (Lipinski definition) is 5. The summed E-state index contributed by atoms with van der Waals surface area (Å²) in [5.41, 5.74) is -0.257. The molecular weight excluding hydrogens is 280 g/mol. The molecule has 1 N–H and O–H groups in total. The summed E-state index contributed by atoms with van der Waals surface area (Å²) in [6.45, 7) is 3.04. The zero-order valence-corrected chi connectivity index (χ0v) is 12.8. The summed E-state index contributed by atoms with van der Waals surface area (Å²) in [7, 11) is 3.42. The quantitative estimate of drug-likeness (QED) is 0.792. The lowest BCUT2D eigenvalue weighted by Crippen LogP contribution is -2.30. The van der Waals surface area contributed by atoms with Crippen molar-refractivity contribution in [2.45, 2.75) is 42.8 Å². The van der Waals surface area contributed by atoms with Gasteiger partial charge in [-0.3, -0.25) is 9.36 Å². The summed E-state index contributed by atoms with van der Waals surface area (Å²) in [6, 6.07) is 0. The summed E-state index contributed by atoms with van der Waals surface area (Å²) < 4.78 is 7.10. The zero-order valence-electron chi connectivity index (χ0n) is 12.0. The number of nitrogens with zero attached hydrogens (tertiary/aromatic N) is 3. The monoisotopic (exact) mass is 300 g/mol. The molecule has 112 valence electrons. The number of thioether (sulfide) groups is 1. The normalized spacial score (nSPS) is 20.1. The fourth-order valence-corrected chi connectivity index (χ4v) is 3.13. The van der Waals surface area contributed by atoms with E-state index in [4.69, 9.17) is 4.74 Å². The fraction of sp³-hybridized carbons (Fsp3) is 0.750. The minimum absolute atomic E-state index is 0.00545. The van der Waals surface area contributed by atoms with E-state index in [-0.39, 0.29) is 23.0 Å². The van der Waals surface area contributed by atoms with Gasteiger partial charge in [-0.25, -0.2) is 9.89 Å². The van der Waals surface area contributed by atoms with Gasteiger partial charge in [-0.1, -0.05) is 11.8 Å². The van der Waals surface area contributed by atoms with E-state index in [2.05, 4.69) is 10.2 Å². The molecular formula is C12H20N4O3S. The zero-order chi connectivity index (χ0) is 14.7. The first-order valence-corrected chi connectivity index (χ1v) is 7.51.